The highest BCUT2D eigenvalue weighted by Crippen LogP contribution is 2.28. The Morgan fingerprint density at radius 3 is 2.83 bits per heavy atom. The highest BCUT2D eigenvalue weighted by atomic mass is 16.6. The Kier molecular flexibility index (Phi) is 3.57. The molecule has 4 N–H and O–H groups in total. The van der Waals surface area contributed by atoms with Crippen molar-refractivity contribution in [1.82, 2.24) is 20.1 Å². The summed E-state index contributed by atoms with van der Waals surface area (Å²) in [5.74, 6) is -0.546. The van der Waals surface area contributed by atoms with E-state index in [1.807, 2.05) is 0 Å². The third kappa shape index (κ3) is 2.08. The molecule has 2 rings (SSSR count). The zero-order chi connectivity index (χ0) is 13.3. The molecule has 0 radical (unpaired) electrons. The molecule has 9 heteroatoms. The second kappa shape index (κ2) is 4.98. The van der Waals surface area contributed by atoms with Crippen LogP contribution in [-0.2, 0) is 4.74 Å². The topological polar surface area (TPSA) is 130 Å². The Morgan fingerprint density at radius 1 is 1.56 bits per heavy atom. The summed E-state index contributed by atoms with van der Waals surface area (Å²) in [5.41, 5.74) is 0. The summed E-state index contributed by atoms with van der Waals surface area (Å²) in [6.45, 7) is -0.425. The Morgan fingerprint density at radius 2 is 2.28 bits per heavy atom. The summed E-state index contributed by atoms with van der Waals surface area (Å²) >= 11 is 0. The molecule has 100 valence electrons. The van der Waals surface area contributed by atoms with Gasteiger partial charge in [-0.25, -0.2) is 9.67 Å². The number of carbonyl (C=O) groups excluding carboxylic acids is 1. The number of ether oxygens (including phenoxy) is 1. The molecule has 1 saturated heterocycles. The van der Waals surface area contributed by atoms with Crippen LogP contribution in [0.2, 0.25) is 0 Å². The molecule has 18 heavy (non-hydrogen) atoms. The molecule has 1 aromatic rings. The molecule has 0 saturated carbocycles. The Labute approximate surface area is 102 Å². The fourth-order valence-electron chi connectivity index (χ4n) is 1.71. The third-order valence-electron chi connectivity index (χ3n) is 2.72. The van der Waals surface area contributed by atoms with Gasteiger partial charge in [-0.15, -0.1) is 5.10 Å². The van der Waals surface area contributed by atoms with Crippen molar-refractivity contribution in [3.63, 3.8) is 0 Å². The molecule has 1 amide bonds. The smallest absolute Gasteiger partial charge is 0.290 e. The first-order valence-electron chi connectivity index (χ1n) is 5.34. The number of nitrogens with zero attached hydrogens (tertiary/aromatic N) is 3. The monoisotopic (exact) mass is 258 g/mol. The van der Waals surface area contributed by atoms with Gasteiger partial charge in [0.05, 0.1) is 6.61 Å². The largest absolute Gasteiger partial charge is 0.394 e. The minimum absolute atomic E-state index is 0.0739. The van der Waals surface area contributed by atoms with Crippen LogP contribution in [0.5, 0.6) is 0 Å². The summed E-state index contributed by atoms with van der Waals surface area (Å²) in [7, 11) is 1.44. The zero-order valence-electron chi connectivity index (χ0n) is 9.59. The van der Waals surface area contributed by atoms with E-state index in [0.29, 0.717) is 0 Å². The van der Waals surface area contributed by atoms with Crippen molar-refractivity contribution in [2.24, 2.45) is 0 Å². The van der Waals surface area contributed by atoms with Crippen LogP contribution < -0.4 is 5.32 Å². The van der Waals surface area contributed by atoms with Crippen LogP contribution in [0.1, 0.15) is 16.8 Å². The lowest BCUT2D eigenvalue weighted by Gasteiger charge is -2.13. The fraction of sp³-hybridized carbons (Fsp3) is 0.667. The highest BCUT2D eigenvalue weighted by molar-refractivity contribution is 5.89. The maximum absolute atomic E-state index is 11.3. The van der Waals surface area contributed by atoms with Crippen molar-refractivity contribution in [3.8, 4) is 0 Å². The van der Waals surface area contributed by atoms with E-state index >= 15 is 0 Å². The summed E-state index contributed by atoms with van der Waals surface area (Å²) in [6, 6.07) is 0. The molecular formula is C9H14N4O5. The summed E-state index contributed by atoms with van der Waals surface area (Å²) in [6.07, 6.45) is -3.12. The number of aliphatic hydroxyl groups is 3. The number of aromatic nitrogens is 3. The van der Waals surface area contributed by atoms with Crippen molar-refractivity contribution in [3.05, 3.63) is 12.2 Å². The van der Waals surface area contributed by atoms with E-state index in [1.54, 1.807) is 0 Å². The van der Waals surface area contributed by atoms with E-state index in [2.05, 4.69) is 15.4 Å². The Bertz CT molecular complexity index is 436. The normalized spacial score (nSPS) is 31.6. The van der Waals surface area contributed by atoms with Crippen LogP contribution in [0, 0.1) is 0 Å². The van der Waals surface area contributed by atoms with E-state index in [4.69, 9.17) is 9.84 Å². The third-order valence-corrected chi connectivity index (χ3v) is 2.72. The lowest BCUT2D eigenvalue weighted by Crippen LogP contribution is -2.33. The number of hydrogen-bond donors (Lipinski definition) is 4. The number of hydrogen-bond acceptors (Lipinski definition) is 7. The number of rotatable bonds is 3. The predicted octanol–water partition coefficient (Wildman–Crippen LogP) is -2.75. The first kappa shape index (κ1) is 12.9. The number of aliphatic hydroxyl groups excluding tert-OH is 3. The SMILES string of the molecule is CNC(=O)c1ncn([C@@H]2O[C@H](CO)[C@@H](O)[C@H]2O)n1. The average molecular weight is 258 g/mol. The molecule has 0 aliphatic carbocycles. The van der Waals surface area contributed by atoms with Gasteiger partial charge in [0.1, 0.15) is 24.6 Å². The lowest BCUT2D eigenvalue weighted by atomic mass is 10.1. The summed E-state index contributed by atoms with van der Waals surface area (Å²) in [5, 5.41) is 34.5. The standard InChI is InChI=1S/C9H14N4O5/c1-10-8(17)7-11-3-13(12-7)9-6(16)5(15)4(2-14)18-9/h3-6,9,14-16H,2H2,1H3,(H,10,17)/t4-,5-,6-,9-/m1/s1. The van der Waals surface area contributed by atoms with E-state index in [9.17, 15) is 15.0 Å². The molecule has 2 heterocycles. The molecule has 0 unspecified atom stereocenters. The van der Waals surface area contributed by atoms with Gasteiger partial charge >= 0.3 is 0 Å². The molecule has 1 fully saturated rings. The van der Waals surface area contributed by atoms with Crippen LogP contribution in [0.25, 0.3) is 0 Å². The second-order valence-corrected chi connectivity index (χ2v) is 3.86. The molecular weight excluding hydrogens is 244 g/mol. The number of carbonyl (C=O) groups is 1. The van der Waals surface area contributed by atoms with Gasteiger partial charge in [0.25, 0.3) is 5.91 Å². The summed E-state index contributed by atoms with van der Waals surface area (Å²) in [4.78, 5) is 15.0. The maximum Gasteiger partial charge on any atom is 0.290 e. The van der Waals surface area contributed by atoms with Gasteiger partial charge < -0.3 is 25.4 Å². The predicted molar refractivity (Wildman–Crippen MR) is 56.4 cm³/mol. The van der Waals surface area contributed by atoms with Crippen LogP contribution >= 0.6 is 0 Å². The summed E-state index contributed by atoms with van der Waals surface area (Å²) < 4.78 is 6.36. The fourth-order valence-corrected chi connectivity index (χ4v) is 1.71. The Balaban J connectivity index is 2.17. The van der Waals surface area contributed by atoms with Crippen LogP contribution in [0.15, 0.2) is 6.33 Å². The van der Waals surface area contributed by atoms with Gasteiger partial charge in [-0.3, -0.25) is 4.79 Å². The van der Waals surface area contributed by atoms with Crippen molar-refractivity contribution < 1.29 is 24.9 Å². The molecule has 1 aromatic heterocycles. The first-order chi connectivity index (χ1) is 8.58. The molecule has 1 aliphatic rings. The molecule has 0 aromatic carbocycles. The lowest BCUT2D eigenvalue weighted by molar-refractivity contribution is -0.0588. The number of nitrogens with one attached hydrogen (secondary N) is 1. The van der Waals surface area contributed by atoms with Crippen molar-refractivity contribution in [2.75, 3.05) is 13.7 Å². The van der Waals surface area contributed by atoms with E-state index in [1.165, 1.54) is 13.4 Å². The zero-order valence-corrected chi connectivity index (χ0v) is 9.59. The van der Waals surface area contributed by atoms with Gasteiger partial charge in [0, 0.05) is 7.05 Å². The second-order valence-electron chi connectivity index (χ2n) is 3.86. The molecule has 1 aliphatic heterocycles. The van der Waals surface area contributed by atoms with Gasteiger partial charge in [0.2, 0.25) is 5.82 Å². The van der Waals surface area contributed by atoms with E-state index in [-0.39, 0.29) is 5.82 Å². The van der Waals surface area contributed by atoms with Gasteiger partial charge in [-0.1, -0.05) is 0 Å². The van der Waals surface area contributed by atoms with E-state index in [0.717, 1.165) is 4.68 Å². The van der Waals surface area contributed by atoms with Gasteiger partial charge in [0.15, 0.2) is 6.23 Å². The highest BCUT2D eigenvalue weighted by Gasteiger charge is 2.44. The van der Waals surface area contributed by atoms with Crippen LogP contribution in [0.4, 0.5) is 0 Å². The minimum atomic E-state index is -1.25. The quantitative estimate of drug-likeness (QED) is 0.462. The molecule has 0 spiro atoms. The van der Waals surface area contributed by atoms with Crippen LogP contribution in [-0.4, -0.2) is 68.0 Å². The van der Waals surface area contributed by atoms with Crippen molar-refractivity contribution in [1.29, 1.82) is 0 Å². The molecule has 0 bridgehead atoms. The molecule has 9 nitrogen and oxygen atoms in total. The van der Waals surface area contributed by atoms with E-state index < -0.39 is 37.1 Å². The Hall–Kier alpha value is -1.55. The molecule has 4 atom stereocenters. The maximum atomic E-state index is 11.3. The minimum Gasteiger partial charge on any atom is -0.394 e. The van der Waals surface area contributed by atoms with Crippen molar-refractivity contribution >= 4 is 5.91 Å². The first-order valence-corrected chi connectivity index (χ1v) is 5.34. The van der Waals surface area contributed by atoms with Crippen LogP contribution in [0.3, 0.4) is 0 Å². The number of amides is 1. The van der Waals surface area contributed by atoms with Gasteiger partial charge in [-0.2, -0.15) is 0 Å². The van der Waals surface area contributed by atoms with Gasteiger partial charge in [-0.05, 0) is 0 Å². The van der Waals surface area contributed by atoms with Crippen molar-refractivity contribution in [2.45, 2.75) is 24.5 Å². The average Bonchev–Trinajstić information content (AvgIpc) is 2.96.